The summed E-state index contributed by atoms with van der Waals surface area (Å²) < 4.78 is 27.9. The second kappa shape index (κ2) is 7.36. The van der Waals surface area contributed by atoms with Gasteiger partial charge in [0.15, 0.2) is 0 Å². The summed E-state index contributed by atoms with van der Waals surface area (Å²) in [5.41, 5.74) is 1.01. The number of amides is 1. The minimum absolute atomic E-state index is 0.00999. The second-order valence-corrected chi connectivity index (χ2v) is 8.02. The lowest BCUT2D eigenvalue weighted by Gasteiger charge is -2.27. The predicted molar refractivity (Wildman–Crippen MR) is 101 cm³/mol. The van der Waals surface area contributed by atoms with Crippen LogP contribution < -0.4 is 9.62 Å². The Morgan fingerprint density at radius 1 is 1.15 bits per heavy atom. The minimum Gasteiger partial charge on any atom is -0.312 e. The number of anilines is 2. The van der Waals surface area contributed by atoms with Gasteiger partial charge >= 0.3 is 0 Å². The maximum Gasteiger partial charge on any atom is 0.270 e. The molecule has 2 aromatic carbocycles. The molecule has 1 heterocycles. The molecule has 0 saturated carbocycles. The van der Waals surface area contributed by atoms with Crippen molar-refractivity contribution < 1.29 is 18.1 Å². The average Bonchev–Trinajstić information content (AvgIpc) is 2.62. The molecule has 0 bridgehead atoms. The number of nitro benzene ring substituents is 1. The number of nitro groups is 1. The van der Waals surface area contributed by atoms with Gasteiger partial charge in [-0.15, -0.1) is 0 Å². The number of piperidine rings is 1. The van der Waals surface area contributed by atoms with Gasteiger partial charge in [-0.2, -0.15) is 0 Å². The number of aryl methyl sites for hydroxylation is 1. The van der Waals surface area contributed by atoms with Crippen molar-refractivity contribution >= 4 is 33.0 Å². The molecule has 142 valence electrons. The Morgan fingerprint density at radius 3 is 2.63 bits per heavy atom. The fourth-order valence-corrected chi connectivity index (χ4v) is 4.33. The third-order valence-electron chi connectivity index (χ3n) is 4.41. The third-order valence-corrected chi connectivity index (χ3v) is 5.93. The Balaban J connectivity index is 1.91. The normalized spacial score (nSPS) is 14.9. The molecule has 0 spiro atoms. The van der Waals surface area contributed by atoms with E-state index in [1.54, 1.807) is 36.1 Å². The minimum atomic E-state index is -4.02. The molecule has 8 nitrogen and oxygen atoms in total. The van der Waals surface area contributed by atoms with Gasteiger partial charge in [-0.05, 0) is 43.5 Å². The van der Waals surface area contributed by atoms with E-state index in [1.165, 1.54) is 12.1 Å². The Kier molecular flexibility index (Phi) is 5.13. The van der Waals surface area contributed by atoms with Crippen molar-refractivity contribution in [3.05, 3.63) is 58.1 Å². The molecule has 1 aliphatic heterocycles. The van der Waals surface area contributed by atoms with Gasteiger partial charge in [-0.3, -0.25) is 19.6 Å². The highest BCUT2D eigenvalue weighted by atomic mass is 32.2. The van der Waals surface area contributed by atoms with E-state index in [2.05, 4.69) is 4.72 Å². The SMILES string of the molecule is Cc1ccc([N+](=O)[O-])cc1S(=O)(=O)Nc1cccc(N2CCCCC2=O)c1. The highest BCUT2D eigenvalue weighted by molar-refractivity contribution is 7.92. The van der Waals surface area contributed by atoms with Crippen LogP contribution in [0.5, 0.6) is 0 Å². The van der Waals surface area contributed by atoms with Crippen LogP contribution in [0.3, 0.4) is 0 Å². The lowest BCUT2D eigenvalue weighted by Crippen LogP contribution is -2.35. The van der Waals surface area contributed by atoms with Gasteiger partial charge in [0.2, 0.25) is 5.91 Å². The summed E-state index contributed by atoms with van der Waals surface area (Å²) in [6.45, 7) is 2.17. The van der Waals surface area contributed by atoms with E-state index in [4.69, 9.17) is 0 Å². The van der Waals surface area contributed by atoms with Crippen molar-refractivity contribution in [2.24, 2.45) is 0 Å². The quantitative estimate of drug-likeness (QED) is 0.624. The number of nitrogens with zero attached hydrogens (tertiary/aromatic N) is 2. The zero-order valence-corrected chi connectivity index (χ0v) is 15.5. The molecule has 2 aromatic rings. The first kappa shape index (κ1) is 18.8. The summed E-state index contributed by atoms with van der Waals surface area (Å²) >= 11 is 0. The molecule has 0 unspecified atom stereocenters. The number of carbonyl (C=O) groups is 1. The maximum atomic E-state index is 12.7. The van der Waals surface area contributed by atoms with Crippen LogP contribution in [-0.4, -0.2) is 25.8 Å². The molecule has 0 aromatic heterocycles. The molecule has 27 heavy (non-hydrogen) atoms. The highest BCUT2D eigenvalue weighted by Crippen LogP contribution is 2.27. The van der Waals surface area contributed by atoms with Crippen LogP contribution >= 0.6 is 0 Å². The number of non-ortho nitro benzene ring substituents is 1. The molecule has 0 atom stereocenters. The van der Waals surface area contributed by atoms with Crippen LogP contribution in [0, 0.1) is 17.0 Å². The largest absolute Gasteiger partial charge is 0.312 e. The summed E-state index contributed by atoms with van der Waals surface area (Å²) in [4.78, 5) is 23.9. The van der Waals surface area contributed by atoms with Gasteiger partial charge < -0.3 is 4.90 Å². The van der Waals surface area contributed by atoms with Crippen LogP contribution in [0.4, 0.5) is 17.1 Å². The van der Waals surface area contributed by atoms with Crippen molar-refractivity contribution in [3.63, 3.8) is 0 Å². The van der Waals surface area contributed by atoms with E-state index in [-0.39, 0.29) is 22.2 Å². The van der Waals surface area contributed by atoms with E-state index in [9.17, 15) is 23.3 Å². The first-order valence-corrected chi connectivity index (χ1v) is 9.94. The van der Waals surface area contributed by atoms with E-state index in [0.717, 1.165) is 18.9 Å². The van der Waals surface area contributed by atoms with Crippen LogP contribution in [0.25, 0.3) is 0 Å². The number of sulfonamides is 1. The van der Waals surface area contributed by atoms with E-state index >= 15 is 0 Å². The third kappa shape index (κ3) is 4.08. The summed E-state index contributed by atoms with van der Waals surface area (Å²) in [7, 11) is -4.02. The molecule has 1 saturated heterocycles. The van der Waals surface area contributed by atoms with Crippen LogP contribution in [0.1, 0.15) is 24.8 Å². The molecule has 1 aliphatic rings. The maximum absolute atomic E-state index is 12.7. The molecular weight excluding hydrogens is 370 g/mol. The van der Waals surface area contributed by atoms with Crippen molar-refractivity contribution in [1.82, 2.24) is 0 Å². The van der Waals surface area contributed by atoms with Crippen LogP contribution in [-0.2, 0) is 14.8 Å². The molecule has 0 radical (unpaired) electrons. The van der Waals surface area contributed by atoms with Gasteiger partial charge in [-0.25, -0.2) is 8.42 Å². The van der Waals surface area contributed by atoms with E-state index < -0.39 is 14.9 Å². The summed E-state index contributed by atoms with van der Waals surface area (Å²) in [6, 6.07) is 10.3. The standard InChI is InChI=1S/C18H19N3O5S/c1-13-8-9-16(21(23)24)12-17(13)27(25,26)19-14-5-4-6-15(11-14)20-10-3-2-7-18(20)22/h4-6,8-9,11-12,19H,2-3,7,10H2,1H3. The molecule has 0 aliphatic carbocycles. The van der Waals surface area contributed by atoms with Crippen molar-refractivity contribution in [3.8, 4) is 0 Å². The van der Waals surface area contributed by atoms with Crippen LogP contribution in [0.2, 0.25) is 0 Å². The van der Waals surface area contributed by atoms with Gasteiger partial charge in [-0.1, -0.05) is 12.1 Å². The van der Waals surface area contributed by atoms with Gasteiger partial charge in [0, 0.05) is 30.8 Å². The Labute approximate surface area is 157 Å². The van der Waals surface area contributed by atoms with Crippen molar-refractivity contribution in [2.75, 3.05) is 16.2 Å². The zero-order chi connectivity index (χ0) is 19.6. The lowest BCUT2D eigenvalue weighted by molar-refractivity contribution is -0.385. The second-order valence-electron chi connectivity index (χ2n) is 6.37. The lowest BCUT2D eigenvalue weighted by atomic mass is 10.1. The predicted octanol–water partition coefficient (Wildman–Crippen LogP) is 3.22. The smallest absolute Gasteiger partial charge is 0.270 e. The number of carbonyl (C=O) groups excluding carboxylic acids is 1. The summed E-state index contributed by atoms with van der Waals surface area (Å²) in [5.74, 6) is 0.00999. The summed E-state index contributed by atoms with van der Waals surface area (Å²) in [5, 5.41) is 11.0. The molecule has 1 amide bonds. The fraction of sp³-hybridized carbons (Fsp3) is 0.278. The number of hydrogen-bond acceptors (Lipinski definition) is 5. The number of nitrogens with one attached hydrogen (secondary N) is 1. The first-order valence-electron chi connectivity index (χ1n) is 8.46. The van der Waals surface area contributed by atoms with E-state index in [1.807, 2.05) is 0 Å². The molecule has 9 heteroatoms. The molecular formula is C18H19N3O5S. The summed E-state index contributed by atoms with van der Waals surface area (Å²) in [6.07, 6.45) is 2.23. The van der Waals surface area contributed by atoms with Gasteiger partial charge in [0.25, 0.3) is 15.7 Å². The number of rotatable bonds is 5. The number of hydrogen-bond donors (Lipinski definition) is 1. The van der Waals surface area contributed by atoms with Crippen LogP contribution in [0.15, 0.2) is 47.4 Å². The first-order chi connectivity index (χ1) is 12.8. The van der Waals surface area contributed by atoms with Gasteiger partial charge in [0.05, 0.1) is 15.5 Å². The Bertz CT molecular complexity index is 1000. The molecule has 3 rings (SSSR count). The average molecular weight is 389 g/mol. The van der Waals surface area contributed by atoms with Crippen molar-refractivity contribution in [2.45, 2.75) is 31.1 Å². The fourth-order valence-electron chi connectivity index (χ4n) is 3.02. The monoisotopic (exact) mass is 389 g/mol. The molecule has 1 fully saturated rings. The highest BCUT2D eigenvalue weighted by Gasteiger charge is 2.23. The van der Waals surface area contributed by atoms with E-state index in [0.29, 0.717) is 24.2 Å². The Morgan fingerprint density at radius 2 is 1.93 bits per heavy atom. The Hall–Kier alpha value is -2.94. The zero-order valence-electron chi connectivity index (χ0n) is 14.7. The molecule has 1 N–H and O–H groups in total. The number of benzene rings is 2. The van der Waals surface area contributed by atoms with Gasteiger partial charge in [0.1, 0.15) is 0 Å². The topological polar surface area (TPSA) is 110 Å². The van der Waals surface area contributed by atoms with Crippen molar-refractivity contribution in [1.29, 1.82) is 0 Å².